The number of aliphatic hydroxyl groups excluding tert-OH is 1. The van der Waals surface area contributed by atoms with Gasteiger partial charge in [-0.05, 0) is 24.5 Å². The lowest BCUT2D eigenvalue weighted by atomic mass is 9.75. The molecule has 6 nitrogen and oxygen atoms in total. The van der Waals surface area contributed by atoms with Gasteiger partial charge in [-0.3, -0.25) is 4.79 Å². The van der Waals surface area contributed by atoms with Crippen LogP contribution in [0.5, 0.6) is 0 Å². The molecular formula is C21H31N3O3. The molecule has 0 unspecified atom stereocenters. The molecule has 0 radical (unpaired) electrons. The molecule has 1 fully saturated rings. The van der Waals surface area contributed by atoms with E-state index in [-0.39, 0.29) is 36.5 Å². The molecule has 1 aromatic carbocycles. The first-order valence-corrected chi connectivity index (χ1v) is 9.55. The average Bonchev–Trinajstić information content (AvgIpc) is 2.64. The van der Waals surface area contributed by atoms with Crippen LogP contribution in [0.15, 0.2) is 30.3 Å². The van der Waals surface area contributed by atoms with E-state index < -0.39 is 0 Å². The number of hydrogen-bond donors (Lipinski definition) is 2. The van der Waals surface area contributed by atoms with Gasteiger partial charge in [-0.1, -0.05) is 43.3 Å². The van der Waals surface area contributed by atoms with E-state index in [1.165, 1.54) is 6.92 Å². The number of likely N-dealkylation sites (tertiary alicyclic amines) is 1. The van der Waals surface area contributed by atoms with Gasteiger partial charge in [-0.25, -0.2) is 4.79 Å². The van der Waals surface area contributed by atoms with Crippen molar-refractivity contribution in [1.82, 2.24) is 15.1 Å². The maximum Gasteiger partial charge on any atom is 0.318 e. The summed E-state index contributed by atoms with van der Waals surface area (Å²) in [5.41, 5.74) is 2.18. The lowest BCUT2D eigenvalue weighted by molar-refractivity contribution is -0.129. The van der Waals surface area contributed by atoms with E-state index in [4.69, 9.17) is 0 Å². The molecular weight excluding hydrogens is 342 g/mol. The predicted octanol–water partition coefficient (Wildman–Crippen LogP) is 2.45. The Morgan fingerprint density at radius 2 is 1.93 bits per heavy atom. The van der Waals surface area contributed by atoms with Crippen LogP contribution in [-0.2, 0) is 4.79 Å². The third-order valence-corrected chi connectivity index (χ3v) is 5.17. The molecule has 3 atom stereocenters. The summed E-state index contributed by atoms with van der Waals surface area (Å²) >= 11 is 0. The van der Waals surface area contributed by atoms with Crippen LogP contribution in [0, 0.1) is 0 Å². The Labute approximate surface area is 161 Å². The van der Waals surface area contributed by atoms with Gasteiger partial charge in [0.15, 0.2) is 0 Å². The average molecular weight is 373 g/mol. The number of allylic oxidation sites excluding steroid dienone is 1. The smallest absolute Gasteiger partial charge is 0.318 e. The Morgan fingerprint density at radius 1 is 1.26 bits per heavy atom. The van der Waals surface area contributed by atoms with Crippen molar-refractivity contribution in [3.8, 4) is 0 Å². The topological polar surface area (TPSA) is 72.9 Å². The highest BCUT2D eigenvalue weighted by atomic mass is 16.3. The number of benzene rings is 1. The van der Waals surface area contributed by atoms with E-state index in [2.05, 4.69) is 5.32 Å². The molecule has 0 aliphatic carbocycles. The molecule has 0 aromatic heterocycles. The van der Waals surface area contributed by atoms with E-state index in [9.17, 15) is 14.7 Å². The van der Waals surface area contributed by atoms with Gasteiger partial charge < -0.3 is 20.2 Å². The van der Waals surface area contributed by atoms with E-state index in [1.54, 1.807) is 16.8 Å². The zero-order valence-corrected chi connectivity index (χ0v) is 16.7. The minimum atomic E-state index is -0.292. The highest BCUT2D eigenvalue weighted by molar-refractivity contribution is 5.77. The molecule has 148 valence electrons. The molecule has 1 aromatic rings. The van der Waals surface area contributed by atoms with Crippen molar-refractivity contribution in [2.24, 2.45) is 0 Å². The number of hydrogen-bond acceptors (Lipinski definition) is 3. The van der Waals surface area contributed by atoms with E-state index in [1.807, 2.05) is 50.3 Å². The van der Waals surface area contributed by atoms with Gasteiger partial charge in [0.2, 0.25) is 5.91 Å². The van der Waals surface area contributed by atoms with Crippen molar-refractivity contribution in [2.45, 2.75) is 45.2 Å². The second-order valence-electron chi connectivity index (χ2n) is 7.05. The summed E-state index contributed by atoms with van der Waals surface area (Å²) < 4.78 is 0. The van der Waals surface area contributed by atoms with Crippen LogP contribution >= 0.6 is 0 Å². The maximum absolute atomic E-state index is 12.6. The lowest BCUT2D eigenvalue weighted by Crippen LogP contribution is -2.70. The molecule has 1 saturated heterocycles. The van der Waals surface area contributed by atoms with E-state index in [0.717, 1.165) is 17.5 Å². The first-order chi connectivity index (χ1) is 12.9. The lowest BCUT2D eigenvalue weighted by Gasteiger charge is -2.55. The van der Waals surface area contributed by atoms with Crippen molar-refractivity contribution in [2.75, 3.05) is 26.7 Å². The number of rotatable bonds is 7. The monoisotopic (exact) mass is 373 g/mol. The minimum Gasteiger partial charge on any atom is -0.394 e. The molecule has 0 spiro atoms. The van der Waals surface area contributed by atoms with Crippen LogP contribution in [0.1, 0.15) is 44.2 Å². The molecule has 2 N–H and O–H groups in total. The van der Waals surface area contributed by atoms with Gasteiger partial charge in [-0.2, -0.15) is 0 Å². The molecule has 0 bridgehead atoms. The molecule has 1 heterocycles. The molecule has 27 heavy (non-hydrogen) atoms. The second-order valence-corrected chi connectivity index (χ2v) is 7.05. The Morgan fingerprint density at radius 3 is 2.44 bits per heavy atom. The fourth-order valence-corrected chi connectivity index (χ4v) is 3.65. The van der Waals surface area contributed by atoms with Crippen LogP contribution in [0.25, 0.3) is 6.08 Å². The first-order valence-electron chi connectivity index (χ1n) is 9.55. The van der Waals surface area contributed by atoms with Crippen molar-refractivity contribution in [1.29, 1.82) is 0 Å². The summed E-state index contributed by atoms with van der Waals surface area (Å²) in [4.78, 5) is 27.7. The largest absolute Gasteiger partial charge is 0.394 e. The zero-order chi connectivity index (χ0) is 20.0. The van der Waals surface area contributed by atoms with Crippen molar-refractivity contribution in [3.05, 3.63) is 41.5 Å². The Balaban J connectivity index is 2.28. The van der Waals surface area contributed by atoms with E-state index >= 15 is 0 Å². The number of amides is 3. The molecule has 1 aliphatic heterocycles. The van der Waals surface area contributed by atoms with Gasteiger partial charge in [0.25, 0.3) is 0 Å². The number of nitrogens with zero attached hydrogens (tertiary/aromatic N) is 2. The third-order valence-electron chi connectivity index (χ3n) is 5.17. The minimum absolute atomic E-state index is 0.0103. The number of urea groups is 1. The summed E-state index contributed by atoms with van der Waals surface area (Å²) in [6, 6.07) is 7.53. The van der Waals surface area contributed by atoms with Crippen LogP contribution < -0.4 is 5.32 Å². The van der Waals surface area contributed by atoms with Gasteiger partial charge in [0.05, 0.1) is 18.7 Å². The van der Waals surface area contributed by atoms with E-state index in [0.29, 0.717) is 13.1 Å². The van der Waals surface area contributed by atoms with Crippen LogP contribution in [0.3, 0.4) is 0 Å². The highest BCUT2D eigenvalue weighted by Crippen LogP contribution is 2.41. The quantitative estimate of drug-likeness (QED) is 0.771. The second kappa shape index (κ2) is 9.55. The summed E-state index contributed by atoms with van der Waals surface area (Å²) in [5.74, 6) is -0.0534. The first kappa shape index (κ1) is 21.0. The Hall–Kier alpha value is -2.34. The van der Waals surface area contributed by atoms with Crippen molar-refractivity contribution in [3.63, 3.8) is 0 Å². The molecule has 0 saturated carbocycles. The maximum atomic E-state index is 12.6. The Bertz CT molecular complexity index is 672. The Kier molecular flexibility index (Phi) is 7.42. The highest BCUT2D eigenvalue weighted by Gasteiger charge is 2.51. The molecule has 2 rings (SSSR count). The van der Waals surface area contributed by atoms with Gasteiger partial charge in [-0.15, -0.1) is 0 Å². The van der Waals surface area contributed by atoms with Gasteiger partial charge in [0.1, 0.15) is 0 Å². The standard InChI is InChI=1S/C21H31N3O3/c1-5-7-16-8-10-17(11-9-16)20-18(13-23(4)15(3)26)24(19(20)14-25)21(27)22-12-6-2/h5,7-11,18-20,25H,6,12-14H2,1-4H3,(H,22,27)/b7-5+/t18-,19+,20+/m0/s1. The van der Waals surface area contributed by atoms with Crippen molar-refractivity contribution < 1.29 is 14.7 Å². The molecule has 6 heteroatoms. The SMILES string of the molecule is C/C=C/c1ccc([C@H]2[C@@H](CO)N(C(=O)NCCC)[C@H]2CN(C)C(C)=O)cc1. The number of carbonyl (C=O) groups is 2. The number of aliphatic hydroxyl groups is 1. The van der Waals surface area contributed by atoms with Gasteiger partial charge >= 0.3 is 6.03 Å². The van der Waals surface area contributed by atoms with Crippen LogP contribution in [0.4, 0.5) is 4.79 Å². The number of carbonyl (C=O) groups excluding carboxylic acids is 2. The summed E-state index contributed by atoms with van der Waals surface area (Å²) in [5, 5.41) is 12.8. The van der Waals surface area contributed by atoms with Gasteiger partial charge in [0, 0.05) is 33.0 Å². The third kappa shape index (κ3) is 4.69. The summed E-state index contributed by atoms with van der Waals surface area (Å²) in [7, 11) is 1.74. The van der Waals surface area contributed by atoms with Crippen LogP contribution in [0.2, 0.25) is 0 Å². The fourth-order valence-electron chi connectivity index (χ4n) is 3.65. The van der Waals surface area contributed by atoms with Crippen LogP contribution in [-0.4, -0.2) is 65.7 Å². The zero-order valence-electron chi connectivity index (χ0n) is 16.7. The fraction of sp³-hybridized carbons (Fsp3) is 0.524. The predicted molar refractivity (Wildman–Crippen MR) is 107 cm³/mol. The normalized spacial score (nSPS) is 21.8. The molecule has 1 aliphatic rings. The summed E-state index contributed by atoms with van der Waals surface area (Å²) in [6.07, 6.45) is 4.86. The number of nitrogens with one attached hydrogen (secondary N) is 1. The number of likely N-dealkylation sites (N-methyl/N-ethyl adjacent to an activating group) is 1. The summed E-state index contributed by atoms with van der Waals surface area (Å²) in [6.45, 7) is 6.40. The molecule has 3 amide bonds. The van der Waals surface area contributed by atoms with Crippen molar-refractivity contribution >= 4 is 18.0 Å².